The molecule has 0 aromatic heterocycles. The summed E-state index contributed by atoms with van der Waals surface area (Å²) in [7, 11) is 0. The van der Waals surface area contributed by atoms with Gasteiger partial charge in [-0.15, -0.1) is 0 Å². The zero-order valence-electron chi connectivity index (χ0n) is 12.7. The molecule has 3 nitrogen and oxygen atoms in total. The minimum absolute atomic E-state index is 0.00300. The van der Waals surface area contributed by atoms with E-state index in [1.165, 1.54) is 19.3 Å². The number of hydrogen-bond acceptors (Lipinski definition) is 3. The van der Waals surface area contributed by atoms with Crippen LogP contribution in [0.3, 0.4) is 0 Å². The van der Waals surface area contributed by atoms with Crippen molar-refractivity contribution in [2.45, 2.75) is 30.9 Å². The lowest BCUT2D eigenvalue weighted by molar-refractivity contribution is 0.0944. The molecule has 0 heterocycles. The number of carbonyl (C=O) groups excluding carboxylic acids is 1. The molecule has 1 aromatic rings. The van der Waals surface area contributed by atoms with Crippen molar-refractivity contribution in [1.82, 2.24) is 5.32 Å². The highest BCUT2D eigenvalue weighted by molar-refractivity contribution is 8.00. The lowest BCUT2D eigenvalue weighted by atomic mass is 9.84. The second kappa shape index (κ2) is 7.02. The molecule has 1 fully saturated rings. The first-order valence-corrected chi connectivity index (χ1v) is 8.46. The molecule has 0 unspecified atom stereocenters. The van der Waals surface area contributed by atoms with Crippen LogP contribution >= 0.6 is 11.8 Å². The van der Waals surface area contributed by atoms with Crippen LogP contribution in [0.4, 0.5) is 0 Å². The van der Waals surface area contributed by atoms with Crippen LogP contribution in [0.5, 0.6) is 0 Å². The van der Waals surface area contributed by atoms with Crippen LogP contribution in [0.25, 0.3) is 0 Å². The third kappa shape index (κ3) is 3.81. The average molecular weight is 302 g/mol. The minimum atomic E-state index is -0.00300. The molecular weight excluding hydrogens is 280 g/mol. The maximum Gasteiger partial charge on any atom is 0.251 e. The van der Waals surface area contributed by atoms with Gasteiger partial charge in [0.05, 0.1) is 6.54 Å². The van der Waals surface area contributed by atoms with Gasteiger partial charge >= 0.3 is 0 Å². The summed E-state index contributed by atoms with van der Waals surface area (Å²) in [5.74, 6) is 5.85. The number of amides is 1. The lowest BCUT2D eigenvalue weighted by Gasteiger charge is -2.40. The summed E-state index contributed by atoms with van der Waals surface area (Å²) in [5.41, 5.74) is 8.01. The Kier molecular flexibility index (Phi) is 5.33. The summed E-state index contributed by atoms with van der Waals surface area (Å²) in [4.78, 5) is 12.2. The van der Waals surface area contributed by atoms with E-state index in [1.54, 1.807) is 0 Å². The van der Waals surface area contributed by atoms with Crippen molar-refractivity contribution < 1.29 is 4.79 Å². The molecule has 1 aliphatic rings. The van der Waals surface area contributed by atoms with E-state index < -0.39 is 0 Å². The Morgan fingerprint density at radius 2 is 2.24 bits per heavy atom. The van der Waals surface area contributed by atoms with Crippen LogP contribution < -0.4 is 11.1 Å². The van der Waals surface area contributed by atoms with E-state index >= 15 is 0 Å². The van der Waals surface area contributed by atoms with Gasteiger partial charge in [-0.25, -0.2) is 0 Å². The molecule has 0 radical (unpaired) electrons. The Bertz CT molecular complexity index is 577. The van der Waals surface area contributed by atoms with Gasteiger partial charge in [-0.1, -0.05) is 18.3 Å². The van der Waals surface area contributed by atoms with E-state index in [0.29, 0.717) is 12.1 Å². The molecule has 1 saturated carbocycles. The van der Waals surface area contributed by atoms with Gasteiger partial charge < -0.3 is 11.1 Å². The fourth-order valence-corrected chi connectivity index (χ4v) is 3.37. The van der Waals surface area contributed by atoms with Crippen molar-refractivity contribution >= 4 is 17.7 Å². The number of benzene rings is 1. The number of nitrogens with one attached hydrogen (secondary N) is 1. The second-order valence-corrected chi connectivity index (χ2v) is 6.73. The first-order chi connectivity index (χ1) is 10.1. The summed E-state index contributed by atoms with van der Waals surface area (Å²) < 4.78 is 0.261. The fourth-order valence-electron chi connectivity index (χ4n) is 2.46. The number of carbonyl (C=O) groups is 1. The van der Waals surface area contributed by atoms with E-state index in [9.17, 15) is 4.79 Å². The summed E-state index contributed by atoms with van der Waals surface area (Å²) >= 11 is 1.87. The van der Waals surface area contributed by atoms with Gasteiger partial charge in [-0.2, -0.15) is 11.8 Å². The van der Waals surface area contributed by atoms with Crippen LogP contribution in [0.15, 0.2) is 18.2 Å². The molecule has 0 atom stereocenters. The predicted molar refractivity (Wildman–Crippen MR) is 89.5 cm³/mol. The molecule has 1 aliphatic carbocycles. The van der Waals surface area contributed by atoms with Gasteiger partial charge in [0.15, 0.2) is 0 Å². The number of hydrogen-bond donors (Lipinski definition) is 2. The molecule has 3 N–H and O–H groups in total. The van der Waals surface area contributed by atoms with Gasteiger partial charge in [0.25, 0.3) is 5.91 Å². The second-order valence-electron chi connectivity index (χ2n) is 5.46. The number of thioether (sulfide) groups is 1. The predicted octanol–water partition coefficient (Wildman–Crippen LogP) is 2.32. The van der Waals surface area contributed by atoms with E-state index in [-0.39, 0.29) is 10.7 Å². The van der Waals surface area contributed by atoms with E-state index in [2.05, 4.69) is 23.4 Å². The molecule has 0 bridgehead atoms. The first kappa shape index (κ1) is 15.9. The fraction of sp³-hybridized carbons (Fsp3) is 0.471. The zero-order chi connectivity index (χ0) is 15.3. The summed E-state index contributed by atoms with van der Waals surface area (Å²) in [5, 5.41) is 3.07. The monoisotopic (exact) mass is 302 g/mol. The van der Waals surface area contributed by atoms with E-state index in [0.717, 1.165) is 17.7 Å². The minimum Gasteiger partial charge on any atom is -0.351 e. The Morgan fingerprint density at radius 3 is 2.76 bits per heavy atom. The smallest absolute Gasteiger partial charge is 0.251 e. The first-order valence-electron chi connectivity index (χ1n) is 7.23. The van der Waals surface area contributed by atoms with Gasteiger partial charge in [0.1, 0.15) is 0 Å². The SMILES string of the molecule is CSC1(CNC(=O)c2ccc(C#CCN)c(C)c2)CCC1. The van der Waals surface area contributed by atoms with Crippen molar-refractivity contribution in [2.75, 3.05) is 19.3 Å². The summed E-state index contributed by atoms with van der Waals surface area (Å²) in [6.07, 6.45) is 5.78. The van der Waals surface area contributed by atoms with E-state index in [4.69, 9.17) is 5.73 Å². The van der Waals surface area contributed by atoms with Crippen molar-refractivity contribution in [3.05, 3.63) is 34.9 Å². The molecule has 112 valence electrons. The Labute approximate surface area is 131 Å². The largest absolute Gasteiger partial charge is 0.351 e. The van der Waals surface area contributed by atoms with E-state index in [1.807, 2.05) is 36.9 Å². The normalized spacial score (nSPS) is 15.6. The molecule has 1 amide bonds. The zero-order valence-corrected chi connectivity index (χ0v) is 13.5. The Hall–Kier alpha value is -1.44. The van der Waals surface area contributed by atoms with Crippen LogP contribution in [0.1, 0.15) is 40.7 Å². The van der Waals surface area contributed by atoms with Gasteiger partial charge in [-0.05, 0) is 49.8 Å². The average Bonchev–Trinajstić information content (AvgIpc) is 2.45. The van der Waals surface area contributed by atoms with Crippen molar-refractivity contribution in [3.8, 4) is 11.8 Å². The lowest BCUT2D eigenvalue weighted by Crippen LogP contribution is -2.45. The Morgan fingerprint density at radius 1 is 1.48 bits per heavy atom. The molecule has 21 heavy (non-hydrogen) atoms. The van der Waals surface area contributed by atoms with Crippen LogP contribution in [0.2, 0.25) is 0 Å². The maximum atomic E-state index is 12.2. The summed E-state index contributed by atoms with van der Waals surface area (Å²) in [6, 6.07) is 5.61. The van der Waals surface area contributed by atoms with Gasteiger partial charge in [0, 0.05) is 22.4 Å². The molecule has 0 aliphatic heterocycles. The molecular formula is C17H22N2OS. The van der Waals surface area contributed by atoms with Crippen molar-refractivity contribution in [1.29, 1.82) is 0 Å². The van der Waals surface area contributed by atoms with Gasteiger partial charge in [-0.3, -0.25) is 4.79 Å². The molecule has 2 rings (SSSR count). The third-order valence-corrected chi connectivity index (χ3v) is 5.50. The number of aryl methyl sites for hydroxylation is 1. The van der Waals surface area contributed by atoms with Crippen molar-refractivity contribution in [3.63, 3.8) is 0 Å². The Balaban J connectivity index is 2.01. The van der Waals surface area contributed by atoms with Crippen molar-refractivity contribution in [2.24, 2.45) is 5.73 Å². The van der Waals surface area contributed by atoms with Crippen LogP contribution in [-0.2, 0) is 0 Å². The quantitative estimate of drug-likeness (QED) is 0.839. The maximum absolute atomic E-state index is 12.2. The standard InChI is InChI=1S/C17H22N2OS/c1-13-11-15(7-6-14(13)5-3-10-18)16(20)19-12-17(21-2)8-4-9-17/h6-7,11H,4,8-10,12,18H2,1-2H3,(H,19,20). The third-order valence-electron chi connectivity index (χ3n) is 4.08. The number of rotatable bonds is 4. The molecule has 1 aromatic carbocycles. The highest BCUT2D eigenvalue weighted by atomic mass is 32.2. The number of nitrogens with two attached hydrogens (primary N) is 1. The van der Waals surface area contributed by atoms with Gasteiger partial charge in [0.2, 0.25) is 0 Å². The highest BCUT2D eigenvalue weighted by Gasteiger charge is 2.36. The van der Waals surface area contributed by atoms with Crippen LogP contribution in [-0.4, -0.2) is 30.0 Å². The van der Waals surface area contributed by atoms with Crippen LogP contribution in [0, 0.1) is 18.8 Å². The topological polar surface area (TPSA) is 55.1 Å². The molecule has 0 saturated heterocycles. The molecule has 4 heteroatoms. The highest BCUT2D eigenvalue weighted by Crippen LogP contribution is 2.42. The molecule has 0 spiro atoms. The summed E-state index contributed by atoms with van der Waals surface area (Å²) in [6.45, 7) is 3.06.